The van der Waals surface area contributed by atoms with Crippen molar-refractivity contribution < 1.29 is 37.3 Å². The van der Waals surface area contributed by atoms with Crippen LogP contribution in [0, 0.1) is 0 Å². The molecule has 1 aromatic carbocycles. The zero-order chi connectivity index (χ0) is 17.6. The van der Waals surface area contributed by atoms with Gasteiger partial charge < -0.3 is 19.3 Å². The van der Waals surface area contributed by atoms with E-state index in [1.165, 1.54) is 6.07 Å². The predicted molar refractivity (Wildman–Crippen MR) is 77.5 cm³/mol. The first kappa shape index (κ1) is 18.1. The lowest BCUT2D eigenvalue weighted by Gasteiger charge is -2.26. The van der Waals surface area contributed by atoms with Crippen LogP contribution in [-0.2, 0) is 4.74 Å². The van der Waals surface area contributed by atoms with Gasteiger partial charge in [-0.15, -0.1) is 13.2 Å². The number of alkyl halides is 3. The number of nitrogens with one attached hydrogen (secondary N) is 1. The van der Waals surface area contributed by atoms with Gasteiger partial charge in [0.1, 0.15) is 18.1 Å². The predicted octanol–water partition coefficient (Wildman–Crippen LogP) is 2.39. The molecule has 0 radical (unpaired) electrons. The number of benzene rings is 1. The van der Waals surface area contributed by atoms with Gasteiger partial charge in [0, 0.05) is 37.8 Å². The minimum atomic E-state index is -4.88. The summed E-state index contributed by atoms with van der Waals surface area (Å²) in [4.78, 5) is 12.8. The highest BCUT2D eigenvalue weighted by atomic mass is 19.4. The molecule has 1 aliphatic heterocycles. The Morgan fingerprint density at radius 3 is 2.54 bits per heavy atom. The molecule has 0 atom stereocenters. The van der Waals surface area contributed by atoms with E-state index in [4.69, 9.17) is 14.6 Å². The van der Waals surface area contributed by atoms with E-state index in [9.17, 15) is 18.0 Å². The first-order valence-electron chi connectivity index (χ1n) is 7.15. The highest BCUT2D eigenvalue weighted by molar-refractivity contribution is 5.83. The number of anilines is 1. The number of rotatable bonds is 6. The van der Waals surface area contributed by atoms with E-state index >= 15 is 0 Å². The third-order valence-electron chi connectivity index (χ3n) is 3.14. The number of hydrogen-bond acceptors (Lipinski definition) is 5. The summed E-state index contributed by atoms with van der Waals surface area (Å²) in [6.45, 7) is 3.58. The molecule has 2 N–H and O–H groups in total. The Labute approximate surface area is 135 Å². The number of hydrogen-bond donors (Lipinski definition) is 2. The molecule has 1 saturated heterocycles. The quantitative estimate of drug-likeness (QED) is 0.820. The Hall–Kier alpha value is -2.20. The fraction of sp³-hybridized carbons (Fsp3) is 0.500. The van der Waals surface area contributed by atoms with Gasteiger partial charge in [0.05, 0.1) is 18.9 Å². The third-order valence-corrected chi connectivity index (χ3v) is 3.14. The number of morpholine rings is 1. The van der Waals surface area contributed by atoms with Gasteiger partial charge in [-0.25, -0.2) is 4.79 Å². The van der Waals surface area contributed by atoms with Crippen LogP contribution in [0.4, 0.5) is 23.7 Å². The van der Waals surface area contributed by atoms with E-state index in [0.717, 1.165) is 25.2 Å². The van der Waals surface area contributed by atoms with Crippen molar-refractivity contribution in [3.63, 3.8) is 0 Å². The molecule has 1 aliphatic rings. The van der Waals surface area contributed by atoms with Crippen LogP contribution in [0.3, 0.4) is 0 Å². The highest BCUT2D eigenvalue weighted by Crippen LogP contribution is 2.30. The molecule has 10 heteroatoms. The number of carbonyl (C=O) groups is 1. The highest BCUT2D eigenvalue weighted by Gasteiger charge is 2.31. The van der Waals surface area contributed by atoms with Crippen LogP contribution in [0.5, 0.6) is 11.5 Å². The van der Waals surface area contributed by atoms with Crippen molar-refractivity contribution in [3.05, 3.63) is 18.2 Å². The zero-order valence-corrected chi connectivity index (χ0v) is 12.6. The Morgan fingerprint density at radius 1 is 1.25 bits per heavy atom. The van der Waals surface area contributed by atoms with Gasteiger partial charge in [0.15, 0.2) is 0 Å². The Morgan fingerprint density at radius 2 is 1.92 bits per heavy atom. The maximum absolute atomic E-state index is 12.3. The molecule has 1 fully saturated rings. The minimum absolute atomic E-state index is 0.0776. The summed E-state index contributed by atoms with van der Waals surface area (Å²) in [6.07, 6.45) is -6.29. The molecule has 1 heterocycles. The number of halogens is 3. The lowest BCUT2D eigenvalue weighted by atomic mass is 10.3. The molecule has 134 valence electrons. The number of carboxylic acid groups (broad SMARTS) is 1. The third kappa shape index (κ3) is 6.50. The van der Waals surface area contributed by atoms with E-state index in [1.807, 2.05) is 5.32 Å². The van der Waals surface area contributed by atoms with Gasteiger partial charge in [0.2, 0.25) is 0 Å². The molecule has 0 bridgehead atoms. The number of ether oxygens (including phenoxy) is 3. The van der Waals surface area contributed by atoms with E-state index in [1.54, 1.807) is 0 Å². The van der Waals surface area contributed by atoms with E-state index in [0.29, 0.717) is 19.8 Å². The lowest BCUT2D eigenvalue weighted by Crippen LogP contribution is -2.38. The van der Waals surface area contributed by atoms with Gasteiger partial charge in [0.25, 0.3) is 0 Å². The van der Waals surface area contributed by atoms with Gasteiger partial charge in [-0.3, -0.25) is 10.2 Å². The lowest BCUT2D eigenvalue weighted by molar-refractivity contribution is -0.274. The second-order valence-electron chi connectivity index (χ2n) is 4.97. The summed E-state index contributed by atoms with van der Waals surface area (Å²) in [5.41, 5.74) is -0.0781. The molecule has 0 spiro atoms. The van der Waals surface area contributed by atoms with Crippen molar-refractivity contribution in [1.82, 2.24) is 4.90 Å². The van der Waals surface area contributed by atoms with Crippen LogP contribution in [0.25, 0.3) is 0 Å². The Balaban J connectivity index is 2.00. The maximum Gasteiger partial charge on any atom is 0.573 e. The van der Waals surface area contributed by atoms with Crippen molar-refractivity contribution in [2.24, 2.45) is 0 Å². The fourth-order valence-corrected chi connectivity index (χ4v) is 2.16. The normalized spacial score (nSPS) is 15.8. The van der Waals surface area contributed by atoms with Crippen LogP contribution in [0.2, 0.25) is 0 Å². The summed E-state index contributed by atoms with van der Waals surface area (Å²) >= 11 is 0. The molecule has 24 heavy (non-hydrogen) atoms. The molecule has 1 amide bonds. The first-order valence-corrected chi connectivity index (χ1v) is 7.15. The molecule has 1 aromatic rings. The summed E-state index contributed by atoms with van der Waals surface area (Å²) in [5, 5.41) is 10.7. The van der Waals surface area contributed by atoms with E-state index in [2.05, 4.69) is 9.64 Å². The maximum atomic E-state index is 12.3. The number of nitrogens with zero attached hydrogens (tertiary/aromatic N) is 1. The van der Waals surface area contributed by atoms with Gasteiger partial charge in [-0.1, -0.05) is 0 Å². The molecule has 0 aromatic heterocycles. The number of amides is 1. The van der Waals surface area contributed by atoms with Crippen LogP contribution >= 0.6 is 0 Å². The van der Waals surface area contributed by atoms with Crippen molar-refractivity contribution in [3.8, 4) is 11.5 Å². The molecular weight excluding hydrogens is 333 g/mol. The van der Waals surface area contributed by atoms with Crippen LogP contribution in [0.15, 0.2) is 18.2 Å². The summed E-state index contributed by atoms with van der Waals surface area (Å²) in [5.74, 6) is -0.483. The van der Waals surface area contributed by atoms with Crippen LogP contribution in [0.1, 0.15) is 0 Å². The monoisotopic (exact) mass is 350 g/mol. The van der Waals surface area contributed by atoms with Crippen molar-refractivity contribution in [2.45, 2.75) is 6.36 Å². The second-order valence-corrected chi connectivity index (χ2v) is 4.97. The van der Waals surface area contributed by atoms with Crippen molar-refractivity contribution >= 4 is 11.8 Å². The van der Waals surface area contributed by atoms with Crippen LogP contribution < -0.4 is 14.8 Å². The smallest absolute Gasteiger partial charge is 0.492 e. The summed E-state index contributed by atoms with van der Waals surface area (Å²) in [7, 11) is 0. The molecule has 0 unspecified atom stereocenters. The largest absolute Gasteiger partial charge is 0.573 e. The minimum Gasteiger partial charge on any atom is -0.492 e. The zero-order valence-electron chi connectivity index (χ0n) is 12.6. The van der Waals surface area contributed by atoms with E-state index < -0.39 is 18.2 Å². The fourth-order valence-electron chi connectivity index (χ4n) is 2.16. The van der Waals surface area contributed by atoms with Gasteiger partial charge in [-0.2, -0.15) is 0 Å². The van der Waals surface area contributed by atoms with Gasteiger partial charge in [-0.05, 0) is 0 Å². The summed E-state index contributed by atoms with van der Waals surface area (Å²) in [6, 6.07) is 3.27. The Kier molecular flexibility index (Phi) is 6.10. The topological polar surface area (TPSA) is 80.3 Å². The summed E-state index contributed by atoms with van der Waals surface area (Å²) < 4.78 is 51.5. The standard InChI is InChI=1S/C14H17F3N2O5/c15-14(16,17)24-12-8-10(18-13(20)21)7-11(9-12)23-6-3-19-1-4-22-5-2-19/h7-9,18H,1-6H2,(H,20,21). The average molecular weight is 350 g/mol. The SMILES string of the molecule is O=C(O)Nc1cc(OCCN2CCOCC2)cc(OC(F)(F)F)c1. The Bertz CT molecular complexity index is 562. The molecule has 2 rings (SSSR count). The molecular formula is C14H17F3N2O5. The van der Waals surface area contributed by atoms with Gasteiger partial charge >= 0.3 is 12.5 Å². The van der Waals surface area contributed by atoms with Crippen molar-refractivity contribution in [1.29, 1.82) is 0 Å². The van der Waals surface area contributed by atoms with E-state index in [-0.39, 0.29) is 18.0 Å². The molecule has 0 aliphatic carbocycles. The van der Waals surface area contributed by atoms with Crippen molar-refractivity contribution in [2.75, 3.05) is 44.8 Å². The molecule has 7 nitrogen and oxygen atoms in total. The second kappa shape index (κ2) is 8.06. The molecule has 0 saturated carbocycles. The first-order chi connectivity index (χ1) is 11.3. The average Bonchev–Trinajstić information content (AvgIpc) is 2.45. The van der Waals surface area contributed by atoms with Crippen LogP contribution in [-0.4, -0.2) is 61.9 Å².